The van der Waals surface area contributed by atoms with Crippen molar-refractivity contribution in [2.75, 3.05) is 11.4 Å². The normalized spacial score (nSPS) is 14.8. The Morgan fingerprint density at radius 3 is 2.76 bits per heavy atom. The molecular formula is C10H11ClN2O3S. The molecule has 0 radical (unpaired) electrons. The number of rotatable bonds is 2. The van der Waals surface area contributed by atoms with Crippen LogP contribution in [0.3, 0.4) is 0 Å². The van der Waals surface area contributed by atoms with Crippen molar-refractivity contribution in [1.29, 1.82) is 0 Å². The number of anilines is 1. The molecule has 0 aliphatic carbocycles. The van der Waals surface area contributed by atoms with Gasteiger partial charge >= 0.3 is 6.03 Å². The lowest BCUT2D eigenvalue weighted by molar-refractivity contribution is 0.254. The van der Waals surface area contributed by atoms with Gasteiger partial charge in [0, 0.05) is 22.9 Å². The van der Waals surface area contributed by atoms with Crippen molar-refractivity contribution in [2.24, 2.45) is 5.73 Å². The van der Waals surface area contributed by atoms with Crippen LogP contribution in [0.5, 0.6) is 0 Å². The van der Waals surface area contributed by atoms with Crippen LogP contribution < -0.4 is 10.6 Å². The Morgan fingerprint density at radius 1 is 1.47 bits per heavy atom. The summed E-state index contributed by atoms with van der Waals surface area (Å²) in [5, 5.41) is 0. The van der Waals surface area contributed by atoms with E-state index in [1.165, 1.54) is 4.90 Å². The van der Waals surface area contributed by atoms with E-state index in [0.29, 0.717) is 18.5 Å². The first-order valence-electron chi connectivity index (χ1n) is 4.98. The highest BCUT2D eigenvalue weighted by molar-refractivity contribution is 8.13. The zero-order valence-corrected chi connectivity index (χ0v) is 10.5. The van der Waals surface area contributed by atoms with Crippen LogP contribution in [-0.2, 0) is 21.2 Å². The molecule has 2 N–H and O–H groups in total. The van der Waals surface area contributed by atoms with Crippen molar-refractivity contribution in [1.82, 2.24) is 0 Å². The fourth-order valence-electron chi connectivity index (χ4n) is 1.97. The van der Waals surface area contributed by atoms with E-state index in [1.807, 2.05) is 0 Å². The molecule has 0 saturated heterocycles. The third-order valence-corrected chi connectivity index (χ3v) is 3.65. The smallest absolute Gasteiger partial charge is 0.319 e. The molecule has 1 aromatic carbocycles. The van der Waals surface area contributed by atoms with E-state index in [9.17, 15) is 13.2 Å². The summed E-state index contributed by atoms with van der Waals surface area (Å²) in [6, 6.07) is 4.59. The van der Waals surface area contributed by atoms with Gasteiger partial charge in [-0.05, 0) is 23.6 Å². The summed E-state index contributed by atoms with van der Waals surface area (Å²) in [4.78, 5) is 12.6. The van der Waals surface area contributed by atoms with Crippen LogP contribution in [-0.4, -0.2) is 21.0 Å². The van der Waals surface area contributed by atoms with Crippen LogP contribution in [0.15, 0.2) is 18.2 Å². The molecule has 0 atom stereocenters. The monoisotopic (exact) mass is 274 g/mol. The van der Waals surface area contributed by atoms with Crippen LogP contribution in [0.4, 0.5) is 10.5 Å². The maximum Gasteiger partial charge on any atom is 0.319 e. The van der Waals surface area contributed by atoms with Crippen LogP contribution in [0.2, 0.25) is 0 Å². The molecule has 17 heavy (non-hydrogen) atoms. The maximum absolute atomic E-state index is 11.1. The van der Waals surface area contributed by atoms with Crippen LogP contribution in [0.25, 0.3) is 0 Å². The van der Waals surface area contributed by atoms with Gasteiger partial charge in [-0.25, -0.2) is 13.2 Å². The molecule has 2 amide bonds. The van der Waals surface area contributed by atoms with E-state index in [0.717, 1.165) is 11.3 Å². The average Bonchev–Trinajstić information content (AvgIpc) is 2.57. The van der Waals surface area contributed by atoms with Gasteiger partial charge in [-0.1, -0.05) is 12.1 Å². The van der Waals surface area contributed by atoms with Crippen molar-refractivity contribution < 1.29 is 13.2 Å². The Morgan fingerprint density at radius 2 is 2.18 bits per heavy atom. The van der Waals surface area contributed by atoms with Crippen molar-refractivity contribution in [3.8, 4) is 0 Å². The highest BCUT2D eigenvalue weighted by Gasteiger charge is 2.23. The summed E-state index contributed by atoms with van der Waals surface area (Å²) in [6.07, 6.45) is 0.675. The van der Waals surface area contributed by atoms with Crippen LogP contribution in [0, 0.1) is 0 Å². The van der Waals surface area contributed by atoms with Crippen molar-refractivity contribution in [2.45, 2.75) is 12.2 Å². The lowest BCUT2D eigenvalue weighted by Crippen LogP contribution is -2.33. The zero-order valence-electron chi connectivity index (χ0n) is 8.89. The molecule has 2 rings (SSSR count). The van der Waals surface area contributed by atoms with E-state index in [2.05, 4.69) is 0 Å². The molecule has 0 fully saturated rings. The second-order valence-corrected chi connectivity index (χ2v) is 6.66. The highest BCUT2D eigenvalue weighted by atomic mass is 35.7. The first-order chi connectivity index (χ1) is 7.87. The van der Waals surface area contributed by atoms with E-state index in [-0.39, 0.29) is 5.75 Å². The van der Waals surface area contributed by atoms with Gasteiger partial charge in [0.15, 0.2) is 0 Å². The molecule has 1 heterocycles. The lowest BCUT2D eigenvalue weighted by Gasteiger charge is -2.13. The predicted octanol–water partition coefficient (Wildman–Crippen LogP) is 1.20. The summed E-state index contributed by atoms with van der Waals surface area (Å²) in [7, 11) is 1.63. The standard InChI is InChI=1S/C10H11ClN2O3S/c11-17(15,16)6-7-1-2-9-8(5-7)3-4-13(9)10(12)14/h1-2,5H,3-4,6H2,(H2,12,14). The molecule has 0 saturated carbocycles. The van der Waals surface area contributed by atoms with Gasteiger partial charge in [-0.3, -0.25) is 4.90 Å². The second kappa shape index (κ2) is 4.19. The molecular weight excluding hydrogens is 264 g/mol. The van der Waals surface area contributed by atoms with Gasteiger partial charge in [0.25, 0.3) is 0 Å². The summed E-state index contributed by atoms with van der Waals surface area (Å²) in [5.74, 6) is -0.210. The number of benzene rings is 1. The number of carbonyl (C=O) groups excluding carboxylic acids is 1. The molecule has 7 heteroatoms. The van der Waals surface area contributed by atoms with Crippen LogP contribution >= 0.6 is 10.7 Å². The molecule has 0 bridgehead atoms. The number of urea groups is 1. The van der Waals surface area contributed by atoms with E-state index in [4.69, 9.17) is 16.4 Å². The molecule has 1 aliphatic rings. The average molecular weight is 275 g/mol. The lowest BCUT2D eigenvalue weighted by atomic mass is 10.1. The fraction of sp³-hybridized carbons (Fsp3) is 0.300. The topological polar surface area (TPSA) is 80.5 Å². The summed E-state index contributed by atoms with van der Waals surface area (Å²) in [5.41, 5.74) is 7.50. The number of halogens is 1. The maximum atomic E-state index is 11.1. The molecule has 5 nitrogen and oxygen atoms in total. The van der Waals surface area contributed by atoms with Crippen molar-refractivity contribution in [3.05, 3.63) is 29.3 Å². The first-order valence-corrected chi connectivity index (χ1v) is 7.46. The fourth-order valence-corrected chi connectivity index (χ4v) is 2.93. The summed E-state index contributed by atoms with van der Waals surface area (Å²) in [6.45, 7) is 0.530. The number of nitrogens with zero attached hydrogens (tertiary/aromatic N) is 1. The number of amides is 2. The molecule has 1 aliphatic heterocycles. The van der Waals surface area contributed by atoms with Crippen LogP contribution in [0.1, 0.15) is 11.1 Å². The highest BCUT2D eigenvalue weighted by Crippen LogP contribution is 2.29. The largest absolute Gasteiger partial charge is 0.351 e. The van der Waals surface area contributed by atoms with E-state index < -0.39 is 15.1 Å². The molecule has 92 valence electrons. The molecule has 0 aromatic heterocycles. The third-order valence-electron chi connectivity index (χ3n) is 2.64. The molecule has 0 spiro atoms. The number of fused-ring (bicyclic) bond motifs is 1. The number of primary amides is 1. The predicted molar refractivity (Wildman–Crippen MR) is 65.6 cm³/mol. The minimum Gasteiger partial charge on any atom is -0.351 e. The summed E-state index contributed by atoms with van der Waals surface area (Å²) < 4.78 is 21.9. The number of hydrogen-bond donors (Lipinski definition) is 1. The number of nitrogens with two attached hydrogens (primary N) is 1. The number of carbonyl (C=O) groups is 1. The van der Waals surface area contributed by atoms with Crippen molar-refractivity contribution in [3.63, 3.8) is 0 Å². The van der Waals surface area contributed by atoms with Gasteiger partial charge in [0.1, 0.15) is 0 Å². The zero-order chi connectivity index (χ0) is 12.6. The summed E-state index contributed by atoms with van der Waals surface area (Å²) >= 11 is 0. The van der Waals surface area contributed by atoms with Crippen molar-refractivity contribution >= 4 is 31.5 Å². The van der Waals surface area contributed by atoms with Gasteiger partial charge in [0.05, 0.1) is 5.75 Å². The van der Waals surface area contributed by atoms with E-state index in [1.54, 1.807) is 18.2 Å². The quantitative estimate of drug-likeness (QED) is 0.823. The Kier molecular flexibility index (Phi) is 3.01. The molecule has 0 unspecified atom stereocenters. The van der Waals surface area contributed by atoms with Gasteiger partial charge in [0.2, 0.25) is 9.05 Å². The minimum atomic E-state index is -3.56. The first kappa shape index (κ1) is 12.2. The minimum absolute atomic E-state index is 0.210. The SMILES string of the molecule is NC(=O)N1CCc2cc(CS(=O)(=O)Cl)ccc21. The van der Waals surface area contributed by atoms with Gasteiger partial charge < -0.3 is 5.73 Å². The Bertz CT molecular complexity index is 571. The Labute approximate surface area is 104 Å². The van der Waals surface area contributed by atoms with E-state index >= 15 is 0 Å². The number of hydrogen-bond acceptors (Lipinski definition) is 3. The van der Waals surface area contributed by atoms with Gasteiger partial charge in [-0.15, -0.1) is 0 Å². The second-order valence-electron chi connectivity index (χ2n) is 3.89. The van der Waals surface area contributed by atoms with Gasteiger partial charge in [-0.2, -0.15) is 0 Å². The Balaban J connectivity index is 2.32. The Hall–Kier alpha value is -1.27. The molecule has 1 aromatic rings. The third kappa shape index (κ3) is 2.70.